The summed E-state index contributed by atoms with van der Waals surface area (Å²) in [6.45, 7) is 13.1. The van der Waals surface area contributed by atoms with Crippen LogP contribution in [0.5, 0.6) is 17.2 Å². The van der Waals surface area contributed by atoms with E-state index in [4.69, 9.17) is 4.74 Å². The maximum atomic E-state index is 13.3. The molecule has 1 unspecified atom stereocenters. The van der Waals surface area contributed by atoms with Gasteiger partial charge in [0.05, 0.1) is 16.0 Å². The number of carbonyl (C=O) groups excluding carboxylic acids is 4. The minimum Gasteiger partial charge on any atom is -0.508 e. The number of anilines is 1. The highest BCUT2D eigenvalue weighted by atomic mass is 79.9. The summed E-state index contributed by atoms with van der Waals surface area (Å²) in [4.78, 5) is 57.3. The first-order valence-electron chi connectivity index (χ1n) is 20.7. The van der Waals surface area contributed by atoms with E-state index in [1.807, 2.05) is 38.1 Å². The van der Waals surface area contributed by atoms with Gasteiger partial charge in [-0.3, -0.25) is 29.4 Å². The second-order valence-corrected chi connectivity index (χ2v) is 17.3. The van der Waals surface area contributed by atoms with Gasteiger partial charge in [0.1, 0.15) is 17.5 Å². The van der Waals surface area contributed by atoms with Crippen LogP contribution in [0.2, 0.25) is 0 Å². The molecule has 0 spiro atoms. The molecule has 10 nitrogen and oxygen atoms in total. The molecule has 1 atom stereocenters. The summed E-state index contributed by atoms with van der Waals surface area (Å²) in [5.74, 6) is 0.934. The van der Waals surface area contributed by atoms with Gasteiger partial charge in [-0.1, -0.05) is 74.3 Å². The van der Waals surface area contributed by atoms with Crippen molar-refractivity contribution in [2.75, 3.05) is 37.6 Å². The molecule has 4 aliphatic heterocycles. The molecule has 12 heteroatoms. The van der Waals surface area contributed by atoms with Gasteiger partial charge in [0.2, 0.25) is 11.8 Å². The zero-order chi connectivity index (χ0) is 41.8. The lowest BCUT2D eigenvalue weighted by Gasteiger charge is -2.43. The van der Waals surface area contributed by atoms with E-state index >= 15 is 0 Å². The molecule has 0 saturated carbocycles. The number of hydrogen-bond acceptors (Lipinski definition) is 9. The molecule has 0 bridgehead atoms. The van der Waals surface area contributed by atoms with Crippen LogP contribution in [0.1, 0.15) is 92.0 Å². The molecule has 4 aromatic carbocycles. The maximum absolute atomic E-state index is 13.3. The van der Waals surface area contributed by atoms with Crippen molar-refractivity contribution in [1.82, 2.24) is 15.1 Å². The number of thiophene rings is 1. The van der Waals surface area contributed by atoms with Crippen molar-refractivity contribution >= 4 is 66.7 Å². The number of imide groups is 2. The Morgan fingerprint density at radius 2 is 1.51 bits per heavy atom. The summed E-state index contributed by atoms with van der Waals surface area (Å²) in [5.41, 5.74) is 3.90. The van der Waals surface area contributed by atoms with E-state index in [-0.39, 0.29) is 24.5 Å². The molecule has 9 rings (SSSR count). The average molecular weight is 880 g/mol. The fourth-order valence-corrected chi connectivity index (χ4v) is 9.64. The third-order valence-electron chi connectivity index (χ3n) is 11.2. The number of amides is 4. The summed E-state index contributed by atoms with van der Waals surface area (Å²) in [6.07, 6.45) is 3.58. The minimum absolute atomic E-state index is 0.0998. The number of benzene rings is 4. The maximum Gasteiger partial charge on any atom is 0.262 e. The molecule has 308 valence electrons. The van der Waals surface area contributed by atoms with Crippen molar-refractivity contribution < 1.29 is 29.0 Å². The molecule has 2 N–H and O–H groups in total. The van der Waals surface area contributed by atoms with Crippen molar-refractivity contribution in [3.05, 3.63) is 106 Å². The molecule has 1 aromatic heterocycles. The summed E-state index contributed by atoms with van der Waals surface area (Å²) >= 11 is 5.13. The Labute approximate surface area is 358 Å². The molecule has 59 heavy (non-hydrogen) atoms. The van der Waals surface area contributed by atoms with Gasteiger partial charge in [-0.05, 0) is 97.0 Å². The van der Waals surface area contributed by atoms with Crippen molar-refractivity contribution in [2.45, 2.75) is 71.8 Å². The Balaban J connectivity index is 0.00000101. The summed E-state index contributed by atoms with van der Waals surface area (Å²) in [6, 6.07) is 26.4. The highest BCUT2D eigenvalue weighted by Gasteiger charge is 2.45. The third kappa shape index (κ3) is 8.95. The lowest BCUT2D eigenvalue weighted by atomic mass is 9.88. The first-order valence-corrected chi connectivity index (χ1v) is 22.3. The van der Waals surface area contributed by atoms with Gasteiger partial charge in [-0.25, -0.2) is 0 Å². The minimum atomic E-state index is -0.962. The number of ether oxygens (including phenoxy) is 1. The molecule has 5 heterocycles. The molecule has 3 fully saturated rings. The van der Waals surface area contributed by atoms with Crippen LogP contribution >= 0.6 is 27.3 Å². The third-order valence-corrected chi connectivity index (χ3v) is 12.9. The number of fused-ring (bicyclic) bond motifs is 2. The quantitative estimate of drug-likeness (QED) is 0.148. The van der Waals surface area contributed by atoms with Gasteiger partial charge >= 0.3 is 0 Å². The van der Waals surface area contributed by atoms with Crippen LogP contribution in [0.25, 0.3) is 20.5 Å². The molecular weight excluding hydrogens is 829 g/mol. The SMILES string of the molecule is CC.CCC.O=C1CCC(N2C(=O)c3ccc(N4CCC(CN5CC(c6ccc(Oc7c(-c8ccc(Br)cc8)sc8cc(O)ccc78)cc6)C5)CC4)cc3C2=O)C(=O)N1. The number of phenols is 1. The highest BCUT2D eigenvalue weighted by molar-refractivity contribution is 9.10. The number of phenolic OH excluding ortho intramolecular Hbond substituents is 1. The van der Waals surface area contributed by atoms with Crippen LogP contribution in [0, 0.1) is 5.92 Å². The number of rotatable bonds is 8. The zero-order valence-corrected chi connectivity index (χ0v) is 36.4. The topological polar surface area (TPSA) is 119 Å². The van der Waals surface area contributed by atoms with Crippen molar-refractivity contribution in [2.24, 2.45) is 5.92 Å². The van der Waals surface area contributed by atoms with Gasteiger partial charge in [0.25, 0.3) is 11.8 Å². The van der Waals surface area contributed by atoms with Crippen molar-refractivity contribution in [3.63, 3.8) is 0 Å². The first kappa shape index (κ1) is 42.1. The Bertz CT molecular complexity index is 2330. The summed E-state index contributed by atoms with van der Waals surface area (Å²) < 4.78 is 8.53. The van der Waals surface area contributed by atoms with E-state index < -0.39 is 23.8 Å². The molecule has 4 aliphatic rings. The van der Waals surface area contributed by atoms with Gasteiger partial charge in [-0.15, -0.1) is 11.3 Å². The van der Waals surface area contributed by atoms with Crippen molar-refractivity contribution in [3.8, 4) is 27.7 Å². The van der Waals surface area contributed by atoms with Gasteiger partial charge < -0.3 is 19.6 Å². The van der Waals surface area contributed by atoms with E-state index in [1.165, 1.54) is 12.0 Å². The van der Waals surface area contributed by atoms with Crippen molar-refractivity contribution in [1.29, 1.82) is 0 Å². The number of halogens is 1. The standard InChI is InChI=1S/C42H37BrN4O6S.C3H8.C2H6/c43-28-5-1-26(2-6-28)39-38(33-12-8-30(48)20-36(33)54-39)53-31-9-3-25(4-10-31)27-22-45(23-27)21-24-15-17-46(18-16-24)29-7-11-32-34(19-29)42(52)47(41(32)51)35-13-14-37(49)44-40(35)50;1-3-2;1-2/h1-12,19-20,24,27,35,48H,13-18,21-23H2,(H,44,49,50);3H2,1-2H3;1-2H3. The Morgan fingerprint density at radius 3 is 2.19 bits per heavy atom. The Morgan fingerprint density at radius 1 is 0.831 bits per heavy atom. The van der Waals surface area contributed by atoms with Crippen LogP contribution in [0.15, 0.2) is 89.4 Å². The van der Waals surface area contributed by atoms with E-state index in [0.717, 1.165) is 92.7 Å². The van der Waals surface area contributed by atoms with Crippen LogP contribution in [0.3, 0.4) is 0 Å². The number of carbonyl (C=O) groups is 4. The molecule has 0 aliphatic carbocycles. The fraction of sp³-hybridized carbons (Fsp3) is 0.362. The number of aromatic hydroxyl groups is 1. The van der Waals surface area contributed by atoms with E-state index in [1.54, 1.807) is 35.6 Å². The monoisotopic (exact) mass is 878 g/mol. The van der Waals surface area contributed by atoms with Crippen LogP contribution in [-0.2, 0) is 9.59 Å². The smallest absolute Gasteiger partial charge is 0.262 e. The van der Waals surface area contributed by atoms with Gasteiger partial charge in [-0.2, -0.15) is 0 Å². The average Bonchev–Trinajstić information content (AvgIpc) is 3.70. The van der Waals surface area contributed by atoms with E-state index in [2.05, 4.69) is 81.3 Å². The molecule has 4 amide bonds. The lowest BCUT2D eigenvalue weighted by molar-refractivity contribution is -0.136. The number of piperidine rings is 2. The van der Waals surface area contributed by atoms with Crippen LogP contribution < -0.4 is 15.0 Å². The summed E-state index contributed by atoms with van der Waals surface area (Å²) in [7, 11) is 0. The molecule has 3 saturated heterocycles. The second-order valence-electron chi connectivity index (χ2n) is 15.3. The lowest BCUT2D eigenvalue weighted by Crippen LogP contribution is -2.54. The molecular formula is C47H51BrN4O6S. The van der Waals surface area contributed by atoms with E-state index in [9.17, 15) is 24.3 Å². The van der Waals surface area contributed by atoms with Gasteiger partial charge in [0.15, 0.2) is 5.75 Å². The summed E-state index contributed by atoms with van der Waals surface area (Å²) in [5, 5.41) is 13.3. The predicted octanol–water partition coefficient (Wildman–Crippen LogP) is 9.99. The Hall–Kier alpha value is -5.04. The predicted molar refractivity (Wildman–Crippen MR) is 238 cm³/mol. The largest absolute Gasteiger partial charge is 0.508 e. The second kappa shape index (κ2) is 18.5. The van der Waals surface area contributed by atoms with Gasteiger partial charge in [0, 0.05) is 65.3 Å². The normalized spacial score (nSPS) is 18.4. The van der Waals surface area contributed by atoms with Crippen LogP contribution in [0.4, 0.5) is 5.69 Å². The molecule has 5 aromatic rings. The number of nitrogens with one attached hydrogen (secondary N) is 1. The highest BCUT2D eigenvalue weighted by Crippen LogP contribution is 2.47. The zero-order valence-electron chi connectivity index (χ0n) is 34.0. The van der Waals surface area contributed by atoms with Crippen LogP contribution in [-0.4, -0.2) is 77.3 Å². The molecule has 0 radical (unpaired) electrons. The number of nitrogens with zero attached hydrogens (tertiary/aromatic N) is 3. The van der Waals surface area contributed by atoms with E-state index in [0.29, 0.717) is 23.0 Å². The first-order chi connectivity index (χ1) is 28.6. The Kier molecular flexibility index (Phi) is 13.2. The fourth-order valence-electron chi connectivity index (χ4n) is 8.20. The number of hydrogen-bond donors (Lipinski definition) is 2. The number of likely N-dealkylation sites (tertiary alicyclic amines) is 1.